The molecule has 8 heteroatoms. The Hall–Kier alpha value is -1.41. The van der Waals surface area contributed by atoms with Crippen LogP contribution in [0.1, 0.15) is 5.82 Å². The summed E-state index contributed by atoms with van der Waals surface area (Å²) in [5, 5.41) is 7.18. The van der Waals surface area contributed by atoms with Gasteiger partial charge in [-0.25, -0.2) is 13.4 Å². The SMILES string of the molecule is Cn1cnc(CNc2c(Br)cccc2S(C)(=O)=O)n1. The van der Waals surface area contributed by atoms with Gasteiger partial charge in [0, 0.05) is 17.8 Å². The third kappa shape index (κ3) is 3.32. The topological polar surface area (TPSA) is 76.9 Å². The molecule has 1 heterocycles. The molecule has 0 fully saturated rings. The molecule has 0 radical (unpaired) electrons. The molecule has 0 amide bonds. The zero-order valence-corrected chi connectivity index (χ0v) is 12.9. The van der Waals surface area contributed by atoms with E-state index in [4.69, 9.17) is 0 Å². The molecule has 6 nitrogen and oxygen atoms in total. The number of nitrogens with one attached hydrogen (secondary N) is 1. The zero-order chi connectivity index (χ0) is 14.0. The number of rotatable bonds is 4. The van der Waals surface area contributed by atoms with Crippen molar-refractivity contribution >= 4 is 31.5 Å². The van der Waals surface area contributed by atoms with Crippen LogP contribution in [0.5, 0.6) is 0 Å². The van der Waals surface area contributed by atoms with Crippen molar-refractivity contribution in [3.8, 4) is 0 Å². The first-order valence-electron chi connectivity index (χ1n) is 5.45. The van der Waals surface area contributed by atoms with Crippen molar-refractivity contribution in [1.29, 1.82) is 0 Å². The minimum absolute atomic E-state index is 0.248. The van der Waals surface area contributed by atoms with Crippen LogP contribution < -0.4 is 5.32 Å². The highest BCUT2D eigenvalue weighted by atomic mass is 79.9. The van der Waals surface area contributed by atoms with Gasteiger partial charge in [-0.3, -0.25) is 4.68 Å². The Morgan fingerprint density at radius 2 is 2.16 bits per heavy atom. The van der Waals surface area contributed by atoms with Gasteiger partial charge in [0.25, 0.3) is 0 Å². The summed E-state index contributed by atoms with van der Waals surface area (Å²) >= 11 is 3.35. The van der Waals surface area contributed by atoms with Gasteiger partial charge in [-0.1, -0.05) is 6.07 Å². The first-order valence-corrected chi connectivity index (χ1v) is 8.13. The molecule has 0 aliphatic rings. The second-order valence-corrected chi connectivity index (χ2v) is 6.91. The van der Waals surface area contributed by atoms with E-state index in [1.165, 1.54) is 6.26 Å². The van der Waals surface area contributed by atoms with Crippen LogP contribution in [0, 0.1) is 0 Å². The molecular weight excluding hydrogens is 332 g/mol. The number of halogens is 1. The number of benzene rings is 1. The minimum Gasteiger partial charge on any atom is -0.376 e. The van der Waals surface area contributed by atoms with Gasteiger partial charge in [0.15, 0.2) is 15.7 Å². The molecule has 19 heavy (non-hydrogen) atoms. The Kier molecular flexibility index (Phi) is 3.91. The lowest BCUT2D eigenvalue weighted by Gasteiger charge is -2.11. The van der Waals surface area contributed by atoms with E-state index in [1.54, 1.807) is 36.3 Å². The molecule has 1 aromatic carbocycles. The van der Waals surface area contributed by atoms with Gasteiger partial charge in [0.2, 0.25) is 0 Å². The minimum atomic E-state index is -3.29. The van der Waals surface area contributed by atoms with Crippen LogP contribution in [-0.4, -0.2) is 29.4 Å². The van der Waals surface area contributed by atoms with E-state index < -0.39 is 9.84 Å². The van der Waals surface area contributed by atoms with Crippen LogP contribution in [0.15, 0.2) is 33.9 Å². The average molecular weight is 345 g/mol. The molecule has 0 atom stereocenters. The second kappa shape index (κ2) is 5.30. The van der Waals surface area contributed by atoms with E-state index >= 15 is 0 Å². The maximum Gasteiger partial charge on any atom is 0.177 e. The lowest BCUT2D eigenvalue weighted by Crippen LogP contribution is -2.08. The quantitative estimate of drug-likeness (QED) is 0.911. The Bertz CT molecular complexity index is 696. The Morgan fingerprint density at radius 1 is 1.42 bits per heavy atom. The zero-order valence-electron chi connectivity index (χ0n) is 10.5. The monoisotopic (exact) mass is 344 g/mol. The first-order chi connectivity index (χ1) is 8.88. The second-order valence-electron chi connectivity index (χ2n) is 4.07. The number of aryl methyl sites for hydroxylation is 1. The molecule has 2 aromatic rings. The number of para-hydroxylation sites is 1. The highest BCUT2D eigenvalue weighted by Gasteiger charge is 2.15. The molecule has 0 bridgehead atoms. The number of anilines is 1. The van der Waals surface area contributed by atoms with Gasteiger partial charge in [0.05, 0.1) is 17.1 Å². The number of hydrogen-bond donors (Lipinski definition) is 1. The van der Waals surface area contributed by atoms with E-state index in [0.717, 1.165) is 0 Å². The summed E-state index contributed by atoms with van der Waals surface area (Å²) < 4.78 is 25.7. The number of aromatic nitrogens is 3. The number of nitrogens with zero attached hydrogens (tertiary/aromatic N) is 3. The lowest BCUT2D eigenvalue weighted by molar-refractivity contribution is 0.602. The van der Waals surface area contributed by atoms with Crippen LogP contribution in [0.3, 0.4) is 0 Å². The summed E-state index contributed by atoms with van der Waals surface area (Å²) in [7, 11) is -1.52. The Balaban J connectivity index is 2.29. The molecule has 0 aliphatic heterocycles. The van der Waals surface area contributed by atoms with E-state index in [-0.39, 0.29) is 4.90 Å². The van der Waals surface area contributed by atoms with Crippen LogP contribution >= 0.6 is 15.9 Å². The molecule has 1 N–H and O–H groups in total. The van der Waals surface area contributed by atoms with Gasteiger partial charge in [-0.2, -0.15) is 5.10 Å². The standard InChI is InChI=1S/C11H13BrN4O2S/c1-16-7-14-10(15-16)6-13-11-8(12)4-3-5-9(11)19(2,17)18/h3-5,7,13H,6H2,1-2H3. The highest BCUT2D eigenvalue weighted by Crippen LogP contribution is 2.30. The molecule has 0 unspecified atom stereocenters. The summed E-state index contributed by atoms with van der Waals surface area (Å²) in [5.74, 6) is 0.595. The molecule has 0 spiro atoms. The number of hydrogen-bond acceptors (Lipinski definition) is 5. The summed E-state index contributed by atoms with van der Waals surface area (Å²) in [6.07, 6.45) is 2.77. The maximum atomic E-state index is 11.7. The molecule has 0 saturated heterocycles. The summed E-state index contributed by atoms with van der Waals surface area (Å²) in [6.45, 7) is 0.353. The Labute approximate surface area is 119 Å². The lowest BCUT2D eigenvalue weighted by atomic mass is 10.3. The van der Waals surface area contributed by atoms with Crippen LogP contribution in [0.25, 0.3) is 0 Å². The summed E-state index contributed by atoms with van der Waals surface area (Å²) in [5.41, 5.74) is 0.525. The van der Waals surface area contributed by atoms with E-state index in [9.17, 15) is 8.42 Å². The fourth-order valence-corrected chi connectivity index (χ4v) is 3.13. The summed E-state index contributed by atoms with van der Waals surface area (Å²) in [4.78, 5) is 4.32. The third-order valence-electron chi connectivity index (χ3n) is 2.45. The van der Waals surface area contributed by atoms with E-state index in [0.29, 0.717) is 22.5 Å². The van der Waals surface area contributed by atoms with Gasteiger partial charge in [0.1, 0.15) is 6.33 Å². The fraction of sp³-hybridized carbons (Fsp3) is 0.273. The van der Waals surface area contributed by atoms with Crippen LogP contribution in [-0.2, 0) is 23.4 Å². The van der Waals surface area contributed by atoms with Crippen molar-refractivity contribution in [2.45, 2.75) is 11.4 Å². The molecule has 0 aliphatic carbocycles. The molecule has 102 valence electrons. The smallest absolute Gasteiger partial charge is 0.177 e. The number of sulfone groups is 1. The van der Waals surface area contributed by atoms with Crippen molar-refractivity contribution < 1.29 is 8.42 Å². The van der Waals surface area contributed by atoms with Crippen molar-refractivity contribution in [2.24, 2.45) is 7.05 Å². The van der Waals surface area contributed by atoms with Gasteiger partial charge in [-0.15, -0.1) is 0 Å². The Morgan fingerprint density at radius 3 is 2.74 bits per heavy atom. The molecular formula is C11H13BrN4O2S. The molecule has 0 saturated carbocycles. The van der Waals surface area contributed by atoms with Gasteiger partial charge < -0.3 is 5.32 Å². The molecule has 1 aromatic heterocycles. The average Bonchev–Trinajstić information content (AvgIpc) is 2.72. The highest BCUT2D eigenvalue weighted by molar-refractivity contribution is 9.10. The fourth-order valence-electron chi connectivity index (χ4n) is 1.62. The predicted octanol–water partition coefficient (Wildman–Crippen LogP) is 1.59. The van der Waals surface area contributed by atoms with Gasteiger partial charge >= 0.3 is 0 Å². The van der Waals surface area contributed by atoms with E-state index in [1.807, 2.05) is 0 Å². The van der Waals surface area contributed by atoms with Crippen molar-refractivity contribution in [3.63, 3.8) is 0 Å². The third-order valence-corrected chi connectivity index (χ3v) is 4.25. The van der Waals surface area contributed by atoms with Crippen LogP contribution in [0.4, 0.5) is 5.69 Å². The maximum absolute atomic E-state index is 11.7. The predicted molar refractivity (Wildman–Crippen MR) is 75.6 cm³/mol. The van der Waals surface area contributed by atoms with Crippen molar-refractivity contribution in [1.82, 2.24) is 14.8 Å². The normalized spacial score (nSPS) is 11.5. The van der Waals surface area contributed by atoms with E-state index in [2.05, 4.69) is 31.3 Å². The molecule has 2 rings (SSSR count). The largest absolute Gasteiger partial charge is 0.376 e. The van der Waals surface area contributed by atoms with Crippen molar-refractivity contribution in [2.75, 3.05) is 11.6 Å². The summed E-state index contributed by atoms with van der Waals surface area (Å²) in [6, 6.07) is 5.03. The van der Waals surface area contributed by atoms with Gasteiger partial charge in [-0.05, 0) is 28.1 Å². The van der Waals surface area contributed by atoms with Crippen LogP contribution in [0.2, 0.25) is 0 Å². The first kappa shape index (κ1) is 14.0. The van der Waals surface area contributed by atoms with Crippen molar-refractivity contribution in [3.05, 3.63) is 34.8 Å².